The molecule has 2 aromatic heterocycles. The third-order valence-corrected chi connectivity index (χ3v) is 4.68. The zero-order valence-corrected chi connectivity index (χ0v) is 17.2. The number of para-hydroxylation sites is 1. The first-order chi connectivity index (χ1) is 15.8. The number of halogens is 3. The van der Waals surface area contributed by atoms with Crippen molar-refractivity contribution in [2.24, 2.45) is 0 Å². The molecule has 3 aromatic rings. The summed E-state index contributed by atoms with van der Waals surface area (Å²) in [5.41, 5.74) is 1.62. The van der Waals surface area contributed by atoms with Gasteiger partial charge in [-0.2, -0.15) is 18.3 Å². The van der Waals surface area contributed by atoms with Gasteiger partial charge in [-0.3, -0.25) is 4.79 Å². The predicted molar refractivity (Wildman–Crippen MR) is 110 cm³/mol. The van der Waals surface area contributed by atoms with E-state index in [-0.39, 0.29) is 11.4 Å². The van der Waals surface area contributed by atoms with Gasteiger partial charge < -0.3 is 14.8 Å². The minimum Gasteiger partial charge on any atom is -0.468 e. The van der Waals surface area contributed by atoms with E-state index >= 15 is 0 Å². The molecule has 0 saturated heterocycles. The quantitative estimate of drug-likeness (QED) is 0.513. The minimum absolute atomic E-state index is 0.0347. The van der Waals surface area contributed by atoms with E-state index in [4.69, 9.17) is 4.74 Å². The minimum atomic E-state index is -4.50. The number of ether oxygens (including phenoxy) is 2. The first-order valence-electron chi connectivity index (χ1n) is 10.1. The van der Waals surface area contributed by atoms with E-state index in [1.807, 2.05) is 30.3 Å². The fraction of sp³-hybridized carbons (Fsp3) is 0.273. The largest absolute Gasteiger partial charge is 0.468 e. The molecule has 1 N–H and O–H groups in total. The van der Waals surface area contributed by atoms with E-state index in [0.29, 0.717) is 11.7 Å². The topological polar surface area (TPSA) is 95.3 Å². The third-order valence-electron chi connectivity index (χ3n) is 4.68. The molecule has 8 nitrogen and oxygen atoms in total. The van der Waals surface area contributed by atoms with E-state index in [0.717, 1.165) is 36.5 Å². The molecule has 2 heterocycles. The molecule has 4 rings (SSSR count). The molecule has 0 spiro atoms. The van der Waals surface area contributed by atoms with Crippen molar-refractivity contribution in [2.75, 3.05) is 18.5 Å². The number of hydrogen-bond acceptors (Lipinski definition) is 6. The molecule has 0 unspecified atom stereocenters. The van der Waals surface area contributed by atoms with Crippen molar-refractivity contribution in [1.82, 2.24) is 14.8 Å². The Bertz CT molecular complexity index is 1130. The first kappa shape index (κ1) is 22.3. The van der Waals surface area contributed by atoms with Crippen molar-refractivity contribution in [3.05, 3.63) is 66.0 Å². The lowest BCUT2D eigenvalue weighted by molar-refractivity contribution is -0.154. The van der Waals surface area contributed by atoms with Crippen LogP contribution in [0.2, 0.25) is 0 Å². The monoisotopic (exact) mass is 460 g/mol. The molecular weight excluding hydrogens is 441 g/mol. The third kappa shape index (κ3) is 6.09. The molecule has 1 aromatic carbocycles. The Labute approximate surface area is 186 Å². The molecule has 0 bridgehead atoms. The van der Waals surface area contributed by atoms with Gasteiger partial charge in [0.05, 0.1) is 16.9 Å². The van der Waals surface area contributed by atoms with E-state index < -0.39 is 31.3 Å². The zero-order chi connectivity index (χ0) is 23.4. The number of nitrogens with zero attached hydrogens (tertiary/aromatic N) is 3. The van der Waals surface area contributed by atoms with Crippen LogP contribution in [0.5, 0.6) is 5.88 Å². The van der Waals surface area contributed by atoms with Gasteiger partial charge in [-0.05, 0) is 31.0 Å². The molecule has 0 radical (unpaired) electrons. The SMILES string of the molecule is O=C(COC(=O)c1ccc(OCC(F)(F)F)nc1)Nc1cc(C2CC2)nn1-c1ccccc1. The average molecular weight is 460 g/mol. The highest BCUT2D eigenvalue weighted by Gasteiger charge is 2.29. The van der Waals surface area contributed by atoms with E-state index in [1.165, 1.54) is 6.07 Å². The maximum absolute atomic E-state index is 12.4. The molecule has 0 aliphatic heterocycles. The maximum atomic E-state index is 12.4. The molecule has 11 heteroatoms. The van der Waals surface area contributed by atoms with Crippen LogP contribution in [-0.4, -0.2) is 46.0 Å². The number of aromatic nitrogens is 3. The lowest BCUT2D eigenvalue weighted by atomic mass is 10.3. The number of nitrogens with one attached hydrogen (secondary N) is 1. The molecule has 0 atom stereocenters. The van der Waals surface area contributed by atoms with Crippen LogP contribution in [0.3, 0.4) is 0 Å². The van der Waals surface area contributed by atoms with E-state index in [2.05, 4.69) is 20.1 Å². The highest BCUT2D eigenvalue weighted by Crippen LogP contribution is 2.40. The summed E-state index contributed by atoms with van der Waals surface area (Å²) in [6, 6.07) is 13.4. The van der Waals surface area contributed by atoms with Crippen LogP contribution in [0.15, 0.2) is 54.7 Å². The van der Waals surface area contributed by atoms with Crippen molar-refractivity contribution < 1.29 is 32.2 Å². The summed E-state index contributed by atoms with van der Waals surface area (Å²) < 4.78 is 47.6. The van der Waals surface area contributed by atoms with Gasteiger partial charge in [0.2, 0.25) is 5.88 Å². The van der Waals surface area contributed by atoms with E-state index in [9.17, 15) is 22.8 Å². The molecular formula is C22H19F3N4O4. The Balaban J connectivity index is 1.34. The van der Waals surface area contributed by atoms with Crippen molar-refractivity contribution >= 4 is 17.7 Å². The van der Waals surface area contributed by atoms with Crippen molar-refractivity contribution in [1.29, 1.82) is 0 Å². The number of carbonyl (C=O) groups excluding carboxylic acids is 2. The van der Waals surface area contributed by atoms with Gasteiger partial charge in [0.15, 0.2) is 13.2 Å². The van der Waals surface area contributed by atoms with E-state index in [1.54, 1.807) is 10.7 Å². The summed E-state index contributed by atoms with van der Waals surface area (Å²) in [6.07, 6.45) is -1.39. The standard InChI is InChI=1S/C22H19F3N4O4/c23-22(24,25)13-33-20-9-8-15(11-26-20)21(31)32-12-19(30)27-18-10-17(14-6-7-14)28-29(18)16-4-2-1-3-5-16/h1-5,8-11,14H,6-7,12-13H2,(H,27,30). The Morgan fingerprint density at radius 3 is 2.52 bits per heavy atom. The van der Waals surface area contributed by atoms with Gasteiger partial charge in [0.25, 0.3) is 5.91 Å². The van der Waals surface area contributed by atoms with Crippen LogP contribution >= 0.6 is 0 Å². The van der Waals surface area contributed by atoms with Gasteiger partial charge in [0, 0.05) is 24.2 Å². The first-order valence-corrected chi connectivity index (χ1v) is 10.1. The van der Waals surface area contributed by atoms with Crippen LogP contribution in [0.4, 0.5) is 19.0 Å². The molecule has 1 aliphatic rings. The van der Waals surface area contributed by atoms with Crippen LogP contribution < -0.4 is 10.1 Å². The number of anilines is 1. The second-order valence-electron chi connectivity index (χ2n) is 7.39. The van der Waals surface area contributed by atoms with Crippen molar-refractivity contribution in [2.45, 2.75) is 24.9 Å². The maximum Gasteiger partial charge on any atom is 0.422 e. The Morgan fingerprint density at radius 2 is 1.88 bits per heavy atom. The molecule has 172 valence electrons. The highest BCUT2D eigenvalue weighted by molar-refractivity contribution is 5.95. The van der Waals surface area contributed by atoms with Crippen LogP contribution in [0, 0.1) is 0 Å². The van der Waals surface area contributed by atoms with Gasteiger partial charge in [-0.25, -0.2) is 14.5 Å². The second kappa shape index (κ2) is 9.31. The van der Waals surface area contributed by atoms with Crippen LogP contribution in [0.25, 0.3) is 5.69 Å². The summed E-state index contributed by atoms with van der Waals surface area (Å²) in [6.45, 7) is -2.06. The van der Waals surface area contributed by atoms with Crippen LogP contribution in [0.1, 0.15) is 34.8 Å². The van der Waals surface area contributed by atoms with Gasteiger partial charge in [0.1, 0.15) is 5.82 Å². The number of carbonyl (C=O) groups is 2. The number of hydrogen-bond donors (Lipinski definition) is 1. The molecule has 1 fully saturated rings. The van der Waals surface area contributed by atoms with Crippen molar-refractivity contribution in [3.63, 3.8) is 0 Å². The number of amides is 1. The number of rotatable bonds is 8. The van der Waals surface area contributed by atoms with Crippen LogP contribution in [-0.2, 0) is 9.53 Å². The normalized spacial score (nSPS) is 13.4. The van der Waals surface area contributed by atoms with Gasteiger partial charge >= 0.3 is 12.1 Å². The average Bonchev–Trinajstić information content (AvgIpc) is 3.57. The summed E-state index contributed by atoms with van der Waals surface area (Å²) in [7, 11) is 0. The van der Waals surface area contributed by atoms with Gasteiger partial charge in [-0.1, -0.05) is 18.2 Å². The molecule has 33 heavy (non-hydrogen) atoms. The Kier molecular flexibility index (Phi) is 6.29. The van der Waals surface area contributed by atoms with Gasteiger partial charge in [-0.15, -0.1) is 0 Å². The van der Waals surface area contributed by atoms with Crippen molar-refractivity contribution in [3.8, 4) is 11.6 Å². The summed E-state index contributed by atoms with van der Waals surface area (Å²) in [5.74, 6) is -0.880. The fourth-order valence-electron chi connectivity index (χ4n) is 2.97. The highest BCUT2D eigenvalue weighted by atomic mass is 19.4. The number of esters is 1. The number of pyridine rings is 1. The Morgan fingerprint density at radius 1 is 1.12 bits per heavy atom. The predicted octanol–water partition coefficient (Wildman–Crippen LogP) is 3.88. The molecule has 1 saturated carbocycles. The summed E-state index contributed by atoms with van der Waals surface area (Å²) >= 11 is 0. The lowest BCUT2D eigenvalue weighted by Gasteiger charge is -2.10. The lowest BCUT2D eigenvalue weighted by Crippen LogP contribution is -2.22. The number of benzene rings is 1. The summed E-state index contributed by atoms with van der Waals surface area (Å²) in [5, 5.41) is 7.28. The number of alkyl halides is 3. The molecule has 1 amide bonds. The smallest absolute Gasteiger partial charge is 0.422 e. The summed E-state index contributed by atoms with van der Waals surface area (Å²) in [4.78, 5) is 28.2. The fourth-order valence-corrected chi connectivity index (χ4v) is 2.97. The molecule has 1 aliphatic carbocycles. The zero-order valence-electron chi connectivity index (χ0n) is 17.2. The second-order valence-corrected chi connectivity index (χ2v) is 7.39. The Hall–Kier alpha value is -3.89.